The Morgan fingerprint density at radius 2 is 2.06 bits per heavy atom. The number of anilines is 2. The lowest BCUT2D eigenvalue weighted by Crippen LogP contribution is -2.29. The van der Waals surface area contributed by atoms with Crippen LogP contribution in [0.2, 0.25) is 5.02 Å². The van der Waals surface area contributed by atoms with E-state index in [0.29, 0.717) is 16.8 Å². The molecule has 1 heterocycles. The molecule has 2 rings (SSSR count). The van der Waals surface area contributed by atoms with Gasteiger partial charge in [0.1, 0.15) is 0 Å². The lowest BCUT2D eigenvalue weighted by atomic mass is 10.1. The van der Waals surface area contributed by atoms with Gasteiger partial charge in [-0.3, -0.25) is 4.21 Å². The first kappa shape index (κ1) is 11.7. The summed E-state index contributed by atoms with van der Waals surface area (Å²) in [5, 5.41) is 4.02. The zero-order chi connectivity index (χ0) is 11.5. The Balaban J connectivity index is 2.01. The highest BCUT2D eigenvalue weighted by Crippen LogP contribution is 2.25. The van der Waals surface area contributed by atoms with E-state index in [4.69, 9.17) is 17.3 Å². The van der Waals surface area contributed by atoms with Gasteiger partial charge in [-0.25, -0.2) is 0 Å². The van der Waals surface area contributed by atoms with Crippen LogP contribution in [-0.4, -0.2) is 21.8 Å². The number of halogens is 1. The van der Waals surface area contributed by atoms with Crippen LogP contribution in [0.5, 0.6) is 0 Å². The van der Waals surface area contributed by atoms with Crippen LogP contribution in [0.15, 0.2) is 18.2 Å². The Labute approximate surface area is 103 Å². The fourth-order valence-corrected chi connectivity index (χ4v) is 3.30. The van der Waals surface area contributed by atoms with Gasteiger partial charge in [0, 0.05) is 33.4 Å². The Kier molecular flexibility index (Phi) is 3.71. The van der Waals surface area contributed by atoms with Crippen molar-refractivity contribution in [3.63, 3.8) is 0 Å². The summed E-state index contributed by atoms with van der Waals surface area (Å²) < 4.78 is 11.2. The molecule has 3 N–H and O–H groups in total. The lowest BCUT2D eigenvalue weighted by Gasteiger charge is -2.24. The molecule has 3 nitrogen and oxygen atoms in total. The molecule has 0 saturated carbocycles. The summed E-state index contributed by atoms with van der Waals surface area (Å²) in [4.78, 5) is 0. The van der Waals surface area contributed by atoms with Crippen LogP contribution in [-0.2, 0) is 10.8 Å². The maximum absolute atomic E-state index is 11.2. The molecule has 0 aromatic heterocycles. The average Bonchev–Trinajstić information content (AvgIpc) is 2.25. The minimum absolute atomic E-state index is 0.376. The Bertz CT molecular complexity index is 401. The molecule has 0 atom stereocenters. The standard InChI is InChI=1S/C11H15ClN2OS/c12-8-1-2-11(10(13)7-8)14-9-3-5-16(15)6-4-9/h1-2,7,9,14H,3-6,13H2. The summed E-state index contributed by atoms with van der Waals surface area (Å²) in [6.45, 7) is 0. The quantitative estimate of drug-likeness (QED) is 0.800. The van der Waals surface area contributed by atoms with Crippen LogP contribution in [0, 0.1) is 0 Å². The molecule has 1 fully saturated rings. The number of benzene rings is 1. The van der Waals surface area contributed by atoms with Crippen LogP contribution in [0.3, 0.4) is 0 Å². The highest BCUT2D eigenvalue weighted by molar-refractivity contribution is 7.85. The van der Waals surface area contributed by atoms with E-state index in [2.05, 4.69) is 5.32 Å². The average molecular weight is 259 g/mol. The van der Waals surface area contributed by atoms with E-state index < -0.39 is 10.8 Å². The van der Waals surface area contributed by atoms with Crippen molar-refractivity contribution in [3.8, 4) is 0 Å². The second kappa shape index (κ2) is 5.06. The maximum atomic E-state index is 11.2. The third-order valence-corrected chi connectivity index (χ3v) is 4.38. The summed E-state index contributed by atoms with van der Waals surface area (Å²) in [7, 11) is -0.620. The molecule has 1 aromatic carbocycles. The molecule has 5 heteroatoms. The molecule has 1 aliphatic heterocycles. The molecule has 0 radical (unpaired) electrons. The second-order valence-electron chi connectivity index (χ2n) is 4.00. The predicted molar refractivity (Wildman–Crippen MR) is 70.4 cm³/mol. The van der Waals surface area contributed by atoms with Crippen molar-refractivity contribution in [2.75, 3.05) is 22.6 Å². The Morgan fingerprint density at radius 1 is 1.38 bits per heavy atom. The SMILES string of the molecule is Nc1cc(Cl)ccc1NC1CCS(=O)CC1. The largest absolute Gasteiger partial charge is 0.397 e. The van der Waals surface area contributed by atoms with Crippen molar-refractivity contribution >= 4 is 33.8 Å². The van der Waals surface area contributed by atoms with Crippen molar-refractivity contribution in [2.24, 2.45) is 0 Å². The zero-order valence-electron chi connectivity index (χ0n) is 8.91. The summed E-state index contributed by atoms with van der Waals surface area (Å²) in [6.07, 6.45) is 1.88. The van der Waals surface area contributed by atoms with Crippen molar-refractivity contribution in [2.45, 2.75) is 18.9 Å². The van der Waals surface area contributed by atoms with Gasteiger partial charge in [-0.2, -0.15) is 0 Å². The molecule has 1 aliphatic rings. The monoisotopic (exact) mass is 258 g/mol. The second-order valence-corrected chi connectivity index (χ2v) is 6.13. The Morgan fingerprint density at radius 3 is 2.69 bits per heavy atom. The number of nitrogens with two attached hydrogens (primary N) is 1. The third kappa shape index (κ3) is 2.89. The third-order valence-electron chi connectivity index (χ3n) is 2.76. The fourth-order valence-electron chi connectivity index (χ4n) is 1.82. The molecule has 16 heavy (non-hydrogen) atoms. The van der Waals surface area contributed by atoms with Gasteiger partial charge in [0.2, 0.25) is 0 Å². The van der Waals surface area contributed by atoms with Gasteiger partial charge >= 0.3 is 0 Å². The van der Waals surface area contributed by atoms with Crippen molar-refractivity contribution in [1.82, 2.24) is 0 Å². The smallest absolute Gasteiger partial charge is 0.0577 e. The van der Waals surface area contributed by atoms with E-state index in [9.17, 15) is 4.21 Å². The van der Waals surface area contributed by atoms with Crippen LogP contribution in [0.4, 0.5) is 11.4 Å². The number of hydrogen-bond donors (Lipinski definition) is 2. The van der Waals surface area contributed by atoms with Gasteiger partial charge < -0.3 is 11.1 Å². The van der Waals surface area contributed by atoms with Gasteiger partial charge in [0.25, 0.3) is 0 Å². The normalized spacial score (nSPS) is 25.3. The van der Waals surface area contributed by atoms with Crippen LogP contribution in [0.25, 0.3) is 0 Å². The predicted octanol–water partition coefficient (Wildman–Crippen LogP) is 2.25. The molecular weight excluding hydrogens is 244 g/mol. The highest BCUT2D eigenvalue weighted by Gasteiger charge is 2.18. The fraction of sp³-hybridized carbons (Fsp3) is 0.455. The lowest BCUT2D eigenvalue weighted by molar-refractivity contribution is 0.624. The van der Waals surface area contributed by atoms with Crippen LogP contribution >= 0.6 is 11.6 Å². The first-order valence-corrected chi connectivity index (χ1v) is 7.18. The number of nitrogen functional groups attached to an aromatic ring is 1. The van der Waals surface area contributed by atoms with Crippen LogP contribution in [0.1, 0.15) is 12.8 Å². The topological polar surface area (TPSA) is 55.1 Å². The van der Waals surface area contributed by atoms with E-state index >= 15 is 0 Å². The van der Waals surface area contributed by atoms with E-state index in [-0.39, 0.29) is 0 Å². The molecule has 1 aromatic rings. The minimum atomic E-state index is -0.620. The van der Waals surface area contributed by atoms with E-state index in [1.165, 1.54) is 0 Å². The summed E-state index contributed by atoms with van der Waals surface area (Å²) >= 11 is 5.83. The highest BCUT2D eigenvalue weighted by atomic mass is 35.5. The first-order chi connectivity index (χ1) is 7.65. The number of rotatable bonds is 2. The summed E-state index contributed by atoms with van der Waals surface area (Å²) in [5.74, 6) is 1.57. The van der Waals surface area contributed by atoms with Crippen molar-refractivity contribution in [1.29, 1.82) is 0 Å². The zero-order valence-corrected chi connectivity index (χ0v) is 10.5. The molecule has 0 aliphatic carbocycles. The van der Waals surface area contributed by atoms with E-state index in [1.54, 1.807) is 6.07 Å². The minimum Gasteiger partial charge on any atom is -0.397 e. The molecule has 1 saturated heterocycles. The van der Waals surface area contributed by atoms with Gasteiger partial charge in [0.15, 0.2) is 0 Å². The van der Waals surface area contributed by atoms with Gasteiger partial charge in [-0.15, -0.1) is 0 Å². The molecular formula is C11H15ClN2OS. The van der Waals surface area contributed by atoms with Crippen LogP contribution < -0.4 is 11.1 Å². The Hall–Kier alpha value is -0.740. The number of hydrogen-bond acceptors (Lipinski definition) is 3. The molecule has 0 spiro atoms. The molecule has 0 unspecified atom stereocenters. The van der Waals surface area contributed by atoms with Gasteiger partial charge in [-0.05, 0) is 31.0 Å². The van der Waals surface area contributed by atoms with Crippen molar-refractivity contribution < 1.29 is 4.21 Å². The maximum Gasteiger partial charge on any atom is 0.0577 e. The molecule has 88 valence electrons. The molecule has 0 amide bonds. The van der Waals surface area contributed by atoms with Gasteiger partial charge in [0.05, 0.1) is 11.4 Å². The number of nitrogens with one attached hydrogen (secondary N) is 1. The molecule has 0 bridgehead atoms. The van der Waals surface area contributed by atoms with Gasteiger partial charge in [-0.1, -0.05) is 11.6 Å². The first-order valence-electron chi connectivity index (χ1n) is 5.31. The summed E-state index contributed by atoms with van der Waals surface area (Å²) in [5.41, 5.74) is 7.44. The van der Waals surface area contributed by atoms with E-state index in [1.807, 2.05) is 12.1 Å². The van der Waals surface area contributed by atoms with E-state index in [0.717, 1.165) is 30.0 Å². The van der Waals surface area contributed by atoms with Crippen molar-refractivity contribution in [3.05, 3.63) is 23.2 Å². The summed E-state index contributed by atoms with van der Waals surface area (Å²) in [6, 6.07) is 5.83.